The molecule has 3 heterocycles. The van der Waals surface area contributed by atoms with E-state index in [0.29, 0.717) is 17.4 Å². The number of anilines is 1. The third-order valence-electron chi connectivity index (χ3n) is 3.02. The van der Waals surface area contributed by atoms with E-state index in [1.807, 2.05) is 17.5 Å². The number of halogens is 1. The van der Waals surface area contributed by atoms with Crippen LogP contribution in [0.2, 0.25) is 5.02 Å². The summed E-state index contributed by atoms with van der Waals surface area (Å²) in [6, 6.07) is 7.35. The maximum atomic E-state index is 12.4. The first-order chi connectivity index (χ1) is 10.6. The Balaban J connectivity index is 1.74. The number of hydrogen-bond acceptors (Lipinski definition) is 5. The van der Waals surface area contributed by atoms with E-state index in [9.17, 15) is 4.79 Å². The summed E-state index contributed by atoms with van der Waals surface area (Å²) < 4.78 is 1.64. The number of hydrogen-bond donors (Lipinski definition) is 0. The Kier molecular flexibility index (Phi) is 4.17. The Morgan fingerprint density at radius 1 is 1.41 bits per heavy atom. The normalized spacial score (nSPS) is 10.6. The number of rotatable bonds is 4. The minimum Gasteiger partial charge on any atom is -0.294 e. The lowest BCUT2D eigenvalue weighted by Gasteiger charge is -2.14. The van der Waals surface area contributed by atoms with Gasteiger partial charge in [0.2, 0.25) is 0 Å². The number of nitrogens with zero attached hydrogens (tertiary/aromatic N) is 5. The standard InChI is InChI=1S/C14H12ClN5OS/c1-19(13-5-4-10(15)7-16-13)14(21)12-9-20(18-17-12)8-11-3-2-6-22-11/h2-7,9H,8H2,1H3. The molecule has 3 aromatic heterocycles. The number of carbonyl (C=O) groups excluding carboxylic acids is 1. The molecule has 0 saturated carbocycles. The van der Waals surface area contributed by atoms with Crippen molar-refractivity contribution in [2.75, 3.05) is 11.9 Å². The molecule has 0 N–H and O–H groups in total. The lowest BCUT2D eigenvalue weighted by molar-refractivity contribution is 0.0987. The van der Waals surface area contributed by atoms with Crippen LogP contribution < -0.4 is 4.90 Å². The Labute approximate surface area is 136 Å². The Bertz CT molecular complexity index is 769. The molecule has 8 heteroatoms. The molecule has 3 aromatic rings. The van der Waals surface area contributed by atoms with Crippen molar-refractivity contribution in [3.63, 3.8) is 0 Å². The summed E-state index contributed by atoms with van der Waals surface area (Å²) in [4.78, 5) is 19.1. The zero-order chi connectivity index (χ0) is 15.5. The molecule has 112 valence electrons. The third-order valence-corrected chi connectivity index (χ3v) is 4.10. The molecule has 0 radical (unpaired) electrons. The Morgan fingerprint density at radius 2 is 2.27 bits per heavy atom. The fraction of sp³-hybridized carbons (Fsp3) is 0.143. The molecule has 3 rings (SSSR count). The second kappa shape index (κ2) is 6.25. The molecule has 0 aliphatic carbocycles. The fourth-order valence-electron chi connectivity index (χ4n) is 1.88. The van der Waals surface area contributed by atoms with Gasteiger partial charge >= 0.3 is 0 Å². The summed E-state index contributed by atoms with van der Waals surface area (Å²) in [6.45, 7) is 0.598. The van der Waals surface area contributed by atoms with Crippen LogP contribution in [-0.2, 0) is 6.54 Å². The van der Waals surface area contributed by atoms with Gasteiger partial charge in [-0.05, 0) is 23.6 Å². The molecule has 0 aliphatic heterocycles. The van der Waals surface area contributed by atoms with Gasteiger partial charge in [-0.2, -0.15) is 0 Å². The van der Waals surface area contributed by atoms with E-state index in [2.05, 4.69) is 15.3 Å². The molecule has 0 atom stereocenters. The van der Waals surface area contributed by atoms with Crippen LogP contribution in [0.5, 0.6) is 0 Å². The maximum absolute atomic E-state index is 12.4. The number of aromatic nitrogens is 4. The number of pyridine rings is 1. The van der Waals surface area contributed by atoms with Crippen LogP contribution in [0.1, 0.15) is 15.4 Å². The summed E-state index contributed by atoms with van der Waals surface area (Å²) >= 11 is 7.43. The van der Waals surface area contributed by atoms with Crippen LogP contribution in [0.25, 0.3) is 0 Å². The molecule has 0 saturated heterocycles. The second-order valence-corrected chi connectivity index (χ2v) is 6.05. The van der Waals surface area contributed by atoms with Gasteiger partial charge in [0.15, 0.2) is 5.69 Å². The first-order valence-electron chi connectivity index (χ1n) is 6.45. The van der Waals surface area contributed by atoms with E-state index in [4.69, 9.17) is 11.6 Å². The van der Waals surface area contributed by atoms with Gasteiger partial charge in [0.05, 0.1) is 17.8 Å². The first kappa shape index (κ1) is 14.7. The van der Waals surface area contributed by atoms with Crippen LogP contribution in [0.15, 0.2) is 42.0 Å². The largest absolute Gasteiger partial charge is 0.294 e. The van der Waals surface area contributed by atoms with Crippen LogP contribution in [0.4, 0.5) is 5.82 Å². The fourth-order valence-corrected chi connectivity index (χ4v) is 2.69. The summed E-state index contributed by atoms with van der Waals surface area (Å²) in [5, 5.41) is 10.4. The zero-order valence-electron chi connectivity index (χ0n) is 11.7. The average Bonchev–Trinajstić information content (AvgIpc) is 3.19. The number of carbonyl (C=O) groups is 1. The monoisotopic (exact) mass is 333 g/mol. The van der Waals surface area contributed by atoms with Crippen molar-refractivity contribution in [1.82, 2.24) is 20.0 Å². The van der Waals surface area contributed by atoms with Crippen molar-refractivity contribution in [3.8, 4) is 0 Å². The van der Waals surface area contributed by atoms with Crippen molar-refractivity contribution in [3.05, 3.63) is 57.6 Å². The molecular formula is C14H12ClN5OS. The highest BCUT2D eigenvalue weighted by atomic mass is 35.5. The molecule has 0 unspecified atom stereocenters. The highest BCUT2D eigenvalue weighted by Gasteiger charge is 2.18. The number of amides is 1. The smallest absolute Gasteiger partial charge is 0.281 e. The summed E-state index contributed by atoms with van der Waals surface area (Å²) in [5.41, 5.74) is 0.274. The molecule has 1 amide bonds. The van der Waals surface area contributed by atoms with Crippen LogP contribution >= 0.6 is 22.9 Å². The van der Waals surface area contributed by atoms with Crippen molar-refractivity contribution in [2.24, 2.45) is 0 Å². The Hall–Kier alpha value is -2.25. The summed E-state index contributed by atoms with van der Waals surface area (Å²) in [5.74, 6) is 0.231. The topological polar surface area (TPSA) is 63.9 Å². The van der Waals surface area contributed by atoms with Gasteiger partial charge in [0, 0.05) is 18.1 Å². The molecule has 22 heavy (non-hydrogen) atoms. The van der Waals surface area contributed by atoms with Gasteiger partial charge in [0.1, 0.15) is 5.82 Å². The molecule has 0 fully saturated rings. The summed E-state index contributed by atoms with van der Waals surface area (Å²) in [6.07, 6.45) is 3.13. The molecule has 0 spiro atoms. The van der Waals surface area contributed by atoms with Gasteiger partial charge in [-0.1, -0.05) is 22.9 Å². The summed E-state index contributed by atoms with van der Waals surface area (Å²) in [7, 11) is 1.64. The predicted octanol–water partition coefficient (Wildman–Crippen LogP) is 2.71. The zero-order valence-corrected chi connectivity index (χ0v) is 13.3. The highest BCUT2D eigenvalue weighted by molar-refractivity contribution is 7.09. The van der Waals surface area contributed by atoms with Crippen molar-refractivity contribution in [2.45, 2.75) is 6.54 Å². The Morgan fingerprint density at radius 3 is 2.95 bits per heavy atom. The molecular weight excluding hydrogens is 322 g/mol. The minimum absolute atomic E-state index is 0.271. The highest BCUT2D eigenvalue weighted by Crippen LogP contribution is 2.15. The number of thiophene rings is 1. The van der Waals surface area contributed by atoms with Gasteiger partial charge in [-0.3, -0.25) is 9.69 Å². The van der Waals surface area contributed by atoms with E-state index in [0.717, 1.165) is 4.88 Å². The van der Waals surface area contributed by atoms with Crippen LogP contribution in [0.3, 0.4) is 0 Å². The molecule has 0 bridgehead atoms. The maximum Gasteiger partial charge on any atom is 0.281 e. The van der Waals surface area contributed by atoms with Crippen LogP contribution in [-0.4, -0.2) is 32.9 Å². The van der Waals surface area contributed by atoms with E-state index >= 15 is 0 Å². The van der Waals surface area contributed by atoms with Crippen molar-refractivity contribution < 1.29 is 4.79 Å². The van der Waals surface area contributed by atoms with E-state index in [-0.39, 0.29) is 11.6 Å². The lowest BCUT2D eigenvalue weighted by atomic mass is 10.3. The van der Waals surface area contributed by atoms with E-state index < -0.39 is 0 Å². The van der Waals surface area contributed by atoms with E-state index in [1.165, 1.54) is 11.1 Å². The second-order valence-electron chi connectivity index (χ2n) is 4.58. The SMILES string of the molecule is CN(C(=O)c1cn(Cc2cccs2)nn1)c1ccc(Cl)cn1. The van der Waals surface area contributed by atoms with Gasteiger partial charge in [-0.25, -0.2) is 9.67 Å². The van der Waals surface area contributed by atoms with E-state index in [1.54, 1.807) is 41.4 Å². The molecule has 0 aromatic carbocycles. The lowest BCUT2D eigenvalue weighted by Crippen LogP contribution is -2.27. The van der Waals surface area contributed by atoms with Gasteiger partial charge in [0.25, 0.3) is 5.91 Å². The van der Waals surface area contributed by atoms with Gasteiger partial charge in [-0.15, -0.1) is 16.4 Å². The molecule has 0 aliphatic rings. The van der Waals surface area contributed by atoms with Crippen molar-refractivity contribution in [1.29, 1.82) is 0 Å². The van der Waals surface area contributed by atoms with Gasteiger partial charge < -0.3 is 0 Å². The molecule has 6 nitrogen and oxygen atoms in total. The van der Waals surface area contributed by atoms with Crippen LogP contribution in [0, 0.1) is 0 Å². The quantitative estimate of drug-likeness (QED) is 0.736. The minimum atomic E-state index is -0.271. The van der Waals surface area contributed by atoms with Crippen molar-refractivity contribution >= 4 is 34.7 Å². The average molecular weight is 334 g/mol. The third kappa shape index (κ3) is 3.15. The first-order valence-corrected chi connectivity index (χ1v) is 7.71. The predicted molar refractivity (Wildman–Crippen MR) is 85.4 cm³/mol.